The molecule has 5 N–H and O–H groups in total. The Kier molecular flexibility index (Phi) is 9.44. The van der Waals surface area contributed by atoms with Crippen LogP contribution in [0.1, 0.15) is 51.5 Å². The highest BCUT2D eigenvalue weighted by molar-refractivity contribution is 5.94. The van der Waals surface area contributed by atoms with Crippen LogP contribution >= 0.6 is 0 Å². The quantitative estimate of drug-likeness (QED) is 0.364. The van der Waals surface area contributed by atoms with E-state index in [9.17, 15) is 29.4 Å². The molecule has 0 radical (unpaired) electrons. The molecule has 1 aromatic rings. The Morgan fingerprint density at radius 2 is 1.64 bits per heavy atom. The fourth-order valence-corrected chi connectivity index (χ4v) is 5.11. The number of rotatable bonds is 10. The highest BCUT2D eigenvalue weighted by Gasteiger charge is 2.43. The van der Waals surface area contributed by atoms with Gasteiger partial charge in [0.15, 0.2) is 0 Å². The van der Waals surface area contributed by atoms with Gasteiger partial charge in [0.05, 0.1) is 0 Å². The molecule has 198 valence electrons. The Balaban J connectivity index is 1.69. The topological polar surface area (TPSA) is 153 Å². The highest BCUT2D eigenvalue weighted by atomic mass is 16.4. The Morgan fingerprint density at radius 1 is 1.03 bits per heavy atom. The number of hydrogen-bond donors (Lipinski definition) is 4. The summed E-state index contributed by atoms with van der Waals surface area (Å²) >= 11 is 0. The second kappa shape index (κ2) is 12.3. The number of nitrogens with one attached hydrogen (secondary N) is 1. The summed E-state index contributed by atoms with van der Waals surface area (Å²) in [6.07, 6.45) is 1.17. The van der Waals surface area contributed by atoms with Crippen molar-refractivity contribution in [2.45, 2.75) is 82.6 Å². The van der Waals surface area contributed by atoms with Crippen LogP contribution in [0.3, 0.4) is 0 Å². The zero-order valence-electron chi connectivity index (χ0n) is 21.0. The molecule has 36 heavy (non-hydrogen) atoms. The molecule has 0 spiro atoms. The van der Waals surface area contributed by atoms with Crippen molar-refractivity contribution in [3.8, 4) is 0 Å². The van der Waals surface area contributed by atoms with E-state index >= 15 is 0 Å². The fraction of sp³-hybridized carbons (Fsp3) is 0.615. The van der Waals surface area contributed by atoms with Crippen LogP contribution in [0.4, 0.5) is 0 Å². The molecule has 3 amide bonds. The predicted octanol–water partition coefficient (Wildman–Crippen LogP) is 0.515. The van der Waals surface area contributed by atoms with Gasteiger partial charge in [-0.3, -0.25) is 14.4 Å². The number of aliphatic hydroxyl groups is 1. The number of nitrogens with zero attached hydrogens (tertiary/aromatic N) is 2. The van der Waals surface area contributed by atoms with E-state index in [1.54, 1.807) is 0 Å². The Bertz CT molecular complexity index is 940. The number of likely N-dealkylation sites (tertiary alicyclic amines) is 2. The maximum atomic E-state index is 13.6. The molecular formula is C26H38N4O6. The van der Waals surface area contributed by atoms with Gasteiger partial charge in [0.2, 0.25) is 11.8 Å². The van der Waals surface area contributed by atoms with Crippen LogP contribution in [-0.4, -0.2) is 87.1 Å². The number of carbonyl (C=O) groups excluding carboxylic acids is 3. The van der Waals surface area contributed by atoms with Crippen LogP contribution < -0.4 is 11.1 Å². The van der Waals surface area contributed by atoms with Crippen LogP contribution in [0.25, 0.3) is 0 Å². The molecular weight excluding hydrogens is 464 g/mol. The summed E-state index contributed by atoms with van der Waals surface area (Å²) in [5, 5.41) is 22.7. The molecule has 2 aliphatic heterocycles. The van der Waals surface area contributed by atoms with Gasteiger partial charge in [0.1, 0.15) is 24.2 Å². The van der Waals surface area contributed by atoms with Crippen molar-refractivity contribution in [1.29, 1.82) is 0 Å². The number of hydrogen-bond acceptors (Lipinski definition) is 6. The van der Waals surface area contributed by atoms with E-state index in [2.05, 4.69) is 5.32 Å². The average molecular weight is 503 g/mol. The molecule has 0 bridgehead atoms. The van der Waals surface area contributed by atoms with E-state index in [0.29, 0.717) is 51.6 Å². The molecule has 3 rings (SSSR count). The maximum Gasteiger partial charge on any atom is 0.326 e. The lowest BCUT2D eigenvalue weighted by Gasteiger charge is -2.33. The van der Waals surface area contributed by atoms with E-state index < -0.39 is 48.1 Å². The summed E-state index contributed by atoms with van der Waals surface area (Å²) in [5.41, 5.74) is 6.97. The van der Waals surface area contributed by atoms with E-state index in [1.165, 1.54) is 9.80 Å². The molecule has 2 aliphatic rings. The number of benzene rings is 1. The first-order chi connectivity index (χ1) is 17.1. The minimum atomic E-state index is -1.51. The summed E-state index contributed by atoms with van der Waals surface area (Å²) < 4.78 is 0. The lowest BCUT2D eigenvalue weighted by molar-refractivity contribution is -0.152. The number of carbonyl (C=O) groups is 4. The number of carboxylic acid groups (broad SMARTS) is 1. The van der Waals surface area contributed by atoms with Gasteiger partial charge >= 0.3 is 5.97 Å². The van der Waals surface area contributed by atoms with Crippen molar-refractivity contribution in [1.82, 2.24) is 15.1 Å². The van der Waals surface area contributed by atoms with Crippen LogP contribution in [0, 0.1) is 5.92 Å². The summed E-state index contributed by atoms with van der Waals surface area (Å²) in [6, 6.07) is 5.86. The number of nitrogens with two attached hydrogens (primary N) is 1. The van der Waals surface area contributed by atoms with Gasteiger partial charge in [0, 0.05) is 19.1 Å². The lowest BCUT2D eigenvalue weighted by atomic mass is 9.99. The van der Waals surface area contributed by atoms with Crippen LogP contribution in [0.15, 0.2) is 30.3 Å². The van der Waals surface area contributed by atoms with Gasteiger partial charge in [-0.1, -0.05) is 44.2 Å². The van der Waals surface area contributed by atoms with Crippen molar-refractivity contribution in [2.75, 3.05) is 13.1 Å². The lowest BCUT2D eigenvalue weighted by Crippen LogP contribution is -2.57. The molecule has 10 nitrogen and oxygen atoms in total. The van der Waals surface area contributed by atoms with Gasteiger partial charge in [0.25, 0.3) is 5.91 Å². The third kappa shape index (κ3) is 6.61. The van der Waals surface area contributed by atoms with Crippen molar-refractivity contribution in [3.05, 3.63) is 35.9 Å². The normalized spacial score (nSPS) is 22.4. The van der Waals surface area contributed by atoms with E-state index in [0.717, 1.165) is 5.56 Å². The summed E-state index contributed by atoms with van der Waals surface area (Å²) in [4.78, 5) is 54.1. The Morgan fingerprint density at radius 3 is 2.25 bits per heavy atom. The summed E-state index contributed by atoms with van der Waals surface area (Å²) in [6.45, 7) is 4.53. The van der Waals surface area contributed by atoms with Gasteiger partial charge in [-0.2, -0.15) is 0 Å². The molecule has 0 aliphatic carbocycles. The maximum absolute atomic E-state index is 13.6. The molecule has 10 heteroatoms. The average Bonchev–Trinajstić information content (AvgIpc) is 3.52. The number of aliphatic carboxylic acids is 1. The van der Waals surface area contributed by atoms with E-state index in [1.807, 2.05) is 44.2 Å². The van der Waals surface area contributed by atoms with Gasteiger partial charge in [-0.05, 0) is 50.0 Å². The number of aliphatic hydroxyl groups excluding tert-OH is 1. The first-order valence-corrected chi connectivity index (χ1v) is 12.7. The van der Waals surface area contributed by atoms with Crippen LogP contribution in [0.5, 0.6) is 0 Å². The predicted molar refractivity (Wildman–Crippen MR) is 133 cm³/mol. The zero-order valence-corrected chi connectivity index (χ0v) is 21.0. The van der Waals surface area contributed by atoms with Crippen LogP contribution in [-0.2, 0) is 25.6 Å². The monoisotopic (exact) mass is 502 g/mol. The number of amides is 3. The molecule has 2 heterocycles. The largest absolute Gasteiger partial charge is 0.480 e. The van der Waals surface area contributed by atoms with Gasteiger partial charge < -0.3 is 31.1 Å². The molecule has 0 aromatic heterocycles. The summed E-state index contributed by atoms with van der Waals surface area (Å²) in [5.74, 6) is -2.47. The van der Waals surface area contributed by atoms with Crippen molar-refractivity contribution >= 4 is 23.7 Å². The van der Waals surface area contributed by atoms with Gasteiger partial charge in [-0.15, -0.1) is 0 Å². The van der Waals surface area contributed by atoms with E-state index in [4.69, 9.17) is 5.73 Å². The van der Waals surface area contributed by atoms with Crippen molar-refractivity contribution in [3.63, 3.8) is 0 Å². The van der Waals surface area contributed by atoms with Gasteiger partial charge in [-0.25, -0.2) is 4.79 Å². The molecule has 5 atom stereocenters. The molecule has 5 unspecified atom stereocenters. The number of carboxylic acids is 1. The molecule has 2 fully saturated rings. The fourth-order valence-electron chi connectivity index (χ4n) is 5.11. The minimum Gasteiger partial charge on any atom is -0.480 e. The highest BCUT2D eigenvalue weighted by Crippen LogP contribution is 2.26. The van der Waals surface area contributed by atoms with E-state index in [-0.39, 0.29) is 11.8 Å². The molecule has 0 saturated carbocycles. The standard InChI is InChI=1S/C26H38N4O6/c1-16(2)14-19(28-23(32)22(31)18(27)15-17-8-4-3-5-9-17)24(33)29-12-6-10-20(29)25(34)30-13-7-11-21(30)26(35)36/h3-5,8-9,16,18-22,31H,6-7,10-15,27H2,1-2H3,(H,28,32)(H,35,36). The SMILES string of the molecule is CC(C)CC(NC(=O)C(O)C(N)Cc1ccccc1)C(=O)N1CCCC1C(=O)N1CCCC1C(=O)O. The summed E-state index contributed by atoms with van der Waals surface area (Å²) in [7, 11) is 0. The third-order valence-corrected chi connectivity index (χ3v) is 6.95. The van der Waals surface area contributed by atoms with Crippen molar-refractivity contribution in [2.24, 2.45) is 11.7 Å². The second-order valence-electron chi connectivity index (χ2n) is 10.2. The molecule has 2 saturated heterocycles. The first-order valence-electron chi connectivity index (χ1n) is 12.7. The van der Waals surface area contributed by atoms with Crippen molar-refractivity contribution < 1.29 is 29.4 Å². The third-order valence-electron chi connectivity index (χ3n) is 6.95. The Hall–Kier alpha value is -2.98. The van der Waals surface area contributed by atoms with Crippen LogP contribution in [0.2, 0.25) is 0 Å². The zero-order chi connectivity index (χ0) is 26.4. The first kappa shape index (κ1) is 27.6. The Labute approximate surface area is 211 Å². The molecule has 1 aromatic carbocycles. The smallest absolute Gasteiger partial charge is 0.326 e. The minimum absolute atomic E-state index is 0.0566. The second-order valence-corrected chi connectivity index (χ2v) is 10.2.